The molecular formula is C14H24O2. The first kappa shape index (κ1) is 12.1. The van der Waals surface area contributed by atoms with Crippen LogP contribution in [0.25, 0.3) is 0 Å². The molecule has 0 aromatic carbocycles. The Morgan fingerprint density at radius 2 is 2.25 bits per heavy atom. The maximum Gasteiger partial charge on any atom is 0.136 e. The van der Waals surface area contributed by atoms with Crippen LogP contribution < -0.4 is 0 Å². The second-order valence-electron chi connectivity index (χ2n) is 5.99. The summed E-state index contributed by atoms with van der Waals surface area (Å²) in [4.78, 5) is 11.9. The lowest BCUT2D eigenvalue weighted by Crippen LogP contribution is -2.59. The number of ether oxygens (including phenoxy) is 1. The van der Waals surface area contributed by atoms with Crippen molar-refractivity contribution in [3.8, 4) is 0 Å². The van der Waals surface area contributed by atoms with Crippen LogP contribution in [0.15, 0.2) is 0 Å². The summed E-state index contributed by atoms with van der Waals surface area (Å²) in [6.07, 6.45) is 5.60. The van der Waals surface area contributed by atoms with Gasteiger partial charge in [-0.2, -0.15) is 0 Å². The third kappa shape index (κ3) is 1.92. The molecular weight excluding hydrogens is 200 g/mol. The molecule has 0 aromatic heterocycles. The minimum absolute atomic E-state index is 0.155. The highest BCUT2D eigenvalue weighted by atomic mass is 16.5. The normalized spacial score (nSPS) is 42.7. The highest BCUT2D eigenvalue weighted by Crippen LogP contribution is 2.56. The van der Waals surface area contributed by atoms with Gasteiger partial charge in [0.25, 0.3) is 0 Å². The van der Waals surface area contributed by atoms with Gasteiger partial charge in [0.2, 0.25) is 0 Å². The molecule has 2 aliphatic carbocycles. The predicted molar refractivity (Wildman–Crippen MR) is 64.3 cm³/mol. The molecule has 2 fully saturated rings. The van der Waals surface area contributed by atoms with Gasteiger partial charge in [0.15, 0.2) is 0 Å². The third-order valence-corrected chi connectivity index (χ3v) is 4.52. The quantitative estimate of drug-likeness (QED) is 0.685. The first-order valence-corrected chi connectivity index (χ1v) is 6.72. The number of fused-ring (bicyclic) bond motifs is 1. The minimum Gasteiger partial charge on any atom is -0.378 e. The molecule has 0 radical (unpaired) electrons. The van der Waals surface area contributed by atoms with Gasteiger partial charge in [0.1, 0.15) is 5.78 Å². The summed E-state index contributed by atoms with van der Waals surface area (Å²) in [5.74, 6) is 1.33. The summed E-state index contributed by atoms with van der Waals surface area (Å²) in [5, 5.41) is 0. The van der Waals surface area contributed by atoms with Gasteiger partial charge in [-0.15, -0.1) is 0 Å². The second kappa shape index (κ2) is 4.48. The molecule has 16 heavy (non-hydrogen) atoms. The molecule has 4 atom stereocenters. The van der Waals surface area contributed by atoms with Crippen LogP contribution in [0.4, 0.5) is 0 Å². The van der Waals surface area contributed by atoms with Crippen LogP contribution in [-0.4, -0.2) is 18.5 Å². The van der Waals surface area contributed by atoms with E-state index in [1.54, 1.807) is 0 Å². The van der Waals surface area contributed by atoms with E-state index in [9.17, 15) is 4.79 Å². The highest BCUT2D eigenvalue weighted by Gasteiger charge is 2.57. The van der Waals surface area contributed by atoms with Crippen molar-refractivity contribution >= 4 is 5.78 Å². The first-order chi connectivity index (χ1) is 7.58. The van der Waals surface area contributed by atoms with Crippen LogP contribution >= 0.6 is 0 Å². The molecule has 2 heteroatoms. The Labute approximate surface area is 98.7 Å². The summed E-state index contributed by atoms with van der Waals surface area (Å²) < 4.78 is 5.94. The lowest BCUT2D eigenvalue weighted by atomic mass is 9.50. The Kier molecular flexibility index (Phi) is 3.39. The first-order valence-electron chi connectivity index (χ1n) is 6.72. The molecule has 2 nitrogen and oxygen atoms in total. The number of hydrogen-bond donors (Lipinski definition) is 0. The zero-order valence-electron chi connectivity index (χ0n) is 10.8. The van der Waals surface area contributed by atoms with E-state index >= 15 is 0 Å². The van der Waals surface area contributed by atoms with Crippen molar-refractivity contribution in [3.05, 3.63) is 0 Å². The van der Waals surface area contributed by atoms with Gasteiger partial charge in [-0.05, 0) is 25.2 Å². The molecule has 0 N–H and O–H groups in total. The Morgan fingerprint density at radius 1 is 1.50 bits per heavy atom. The number of unbranched alkanes of at least 4 members (excludes halogenated alkanes) is 1. The van der Waals surface area contributed by atoms with Crippen molar-refractivity contribution in [2.45, 2.75) is 59.0 Å². The molecule has 0 saturated heterocycles. The average molecular weight is 224 g/mol. The Balaban J connectivity index is 1.92. The van der Waals surface area contributed by atoms with Crippen LogP contribution in [0.1, 0.15) is 52.9 Å². The smallest absolute Gasteiger partial charge is 0.136 e. The molecule has 0 heterocycles. The maximum atomic E-state index is 11.9. The molecule has 2 saturated carbocycles. The largest absolute Gasteiger partial charge is 0.378 e. The van der Waals surface area contributed by atoms with Crippen molar-refractivity contribution in [2.75, 3.05) is 6.61 Å². The molecule has 0 aliphatic heterocycles. The molecule has 2 aliphatic rings. The van der Waals surface area contributed by atoms with Crippen molar-refractivity contribution in [1.29, 1.82) is 0 Å². The van der Waals surface area contributed by atoms with Crippen LogP contribution in [0.5, 0.6) is 0 Å². The average Bonchev–Trinajstić information content (AvgIpc) is 2.20. The molecule has 4 unspecified atom stereocenters. The number of Topliss-reactive ketones (excluding diaryl/α,β-unsaturated/α-hetero) is 1. The molecule has 0 aromatic rings. The van der Waals surface area contributed by atoms with E-state index in [4.69, 9.17) is 4.74 Å². The van der Waals surface area contributed by atoms with Crippen molar-refractivity contribution in [2.24, 2.45) is 17.3 Å². The van der Waals surface area contributed by atoms with Crippen molar-refractivity contribution in [1.82, 2.24) is 0 Å². The van der Waals surface area contributed by atoms with Crippen LogP contribution in [-0.2, 0) is 9.53 Å². The van der Waals surface area contributed by atoms with Gasteiger partial charge >= 0.3 is 0 Å². The Bertz CT molecular complexity index is 274. The number of rotatable bonds is 4. The molecule has 0 amide bonds. The molecule has 0 bridgehead atoms. The fourth-order valence-electron chi connectivity index (χ4n) is 3.53. The Morgan fingerprint density at radius 3 is 2.94 bits per heavy atom. The van der Waals surface area contributed by atoms with E-state index in [-0.39, 0.29) is 5.41 Å². The van der Waals surface area contributed by atoms with Gasteiger partial charge < -0.3 is 4.74 Å². The SMILES string of the molecule is CCCCOC1CC2C(=O)CC(C)CC12C. The number of hydrogen-bond acceptors (Lipinski definition) is 2. The van der Waals surface area contributed by atoms with Crippen LogP contribution in [0, 0.1) is 17.3 Å². The summed E-state index contributed by atoms with van der Waals surface area (Å²) >= 11 is 0. The fraction of sp³-hybridized carbons (Fsp3) is 0.929. The highest BCUT2D eigenvalue weighted by molar-refractivity contribution is 5.84. The zero-order chi connectivity index (χ0) is 11.8. The summed E-state index contributed by atoms with van der Waals surface area (Å²) in [6.45, 7) is 7.50. The van der Waals surface area contributed by atoms with Crippen molar-refractivity contribution in [3.63, 3.8) is 0 Å². The van der Waals surface area contributed by atoms with E-state index < -0.39 is 0 Å². The lowest BCUT2D eigenvalue weighted by molar-refractivity contribution is -0.182. The zero-order valence-corrected chi connectivity index (χ0v) is 10.8. The molecule has 2 rings (SSSR count). The maximum absolute atomic E-state index is 11.9. The lowest BCUT2D eigenvalue weighted by Gasteiger charge is -2.56. The standard InChI is InChI=1S/C14H24O2/c1-4-5-6-16-13-8-11-12(15)7-10(2)9-14(11,13)3/h10-11,13H,4-9H2,1-3H3. The number of carbonyl (C=O) groups is 1. The van der Waals surface area contributed by atoms with Crippen LogP contribution in [0.2, 0.25) is 0 Å². The molecule has 92 valence electrons. The summed E-state index contributed by atoms with van der Waals surface area (Å²) in [7, 11) is 0. The van der Waals surface area contributed by atoms with E-state index in [2.05, 4.69) is 20.8 Å². The van der Waals surface area contributed by atoms with E-state index in [0.29, 0.717) is 23.7 Å². The van der Waals surface area contributed by atoms with Gasteiger partial charge in [0.05, 0.1) is 6.10 Å². The van der Waals surface area contributed by atoms with Gasteiger partial charge in [-0.3, -0.25) is 4.79 Å². The fourth-order valence-corrected chi connectivity index (χ4v) is 3.53. The van der Waals surface area contributed by atoms with E-state index in [1.165, 1.54) is 12.8 Å². The molecule has 0 spiro atoms. The van der Waals surface area contributed by atoms with E-state index in [0.717, 1.165) is 25.9 Å². The number of ketones is 1. The predicted octanol–water partition coefficient (Wildman–Crippen LogP) is 3.20. The summed E-state index contributed by atoms with van der Waals surface area (Å²) in [6, 6.07) is 0. The monoisotopic (exact) mass is 224 g/mol. The second-order valence-corrected chi connectivity index (χ2v) is 5.99. The van der Waals surface area contributed by atoms with Crippen molar-refractivity contribution < 1.29 is 9.53 Å². The number of carbonyl (C=O) groups excluding carboxylic acids is 1. The minimum atomic E-state index is 0.155. The van der Waals surface area contributed by atoms with Crippen LogP contribution in [0.3, 0.4) is 0 Å². The van der Waals surface area contributed by atoms with E-state index in [1.807, 2.05) is 0 Å². The van der Waals surface area contributed by atoms with Gasteiger partial charge in [-0.1, -0.05) is 27.2 Å². The van der Waals surface area contributed by atoms with Gasteiger partial charge in [0, 0.05) is 24.4 Å². The summed E-state index contributed by atoms with van der Waals surface area (Å²) in [5.41, 5.74) is 0.155. The Hall–Kier alpha value is -0.370. The topological polar surface area (TPSA) is 26.3 Å². The van der Waals surface area contributed by atoms with Gasteiger partial charge in [-0.25, -0.2) is 0 Å². The third-order valence-electron chi connectivity index (χ3n) is 4.52.